The van der Waals surface area contributed by atoms with Crippen molar-refractivity contribution in [3.8, 4) is 11.4 Å². The van der Waals surface area contributed by atoms with Crippen LogP contribution in [0.5, 0.6) is 0 Å². The molecule has 1 aromatic heterocycles. The van der Waals surface area contributed by atoms with E-state index in [2.05, 4.69) is 29.1 Å². The first-order valence-corrected chi connectivity index (χ1v) is 10.6. The molecule has 0 aliphatic carbocycles. The van der Waals surface area contributed by atoms with Gasteiger partial charge < -0.3 is 10.2 Å². The largest absolute Gasteiger partial charge is 0.416 e. The molecule has 0 bridgehead atoms. The predicted molar refractivity (Wildman–Crippen MR) is 118 cm³/mol. The number of alkyl halides is 6. The maximum atomic E-state index is 13.4. The summed E-state index contributed by atoms with van der Waals surface area (Å²) in [6.45, 7) is 4.97. The molecule has 2 heterocycles. The van der Waals surface area contributed by atoms with Crippen molar-refractivity contribution in [1.82, 2.24) is 14.9 Å². The minimum atomic E-state index is -4.96. The Hall–Kier alpha value is -3.30. The van der Waals surface area contributed by atoms with Gasteiger partial charge in [-0.25, -0.2) is 9.97 Å². The van der Waals surface area contributed by atoms with Gasteiger partial charge in [0.15, 0.2) is 5.82 Å². The number of rotatable bonds is 3. The summed E-state index contributed by atoms with van der Waals surface area (Å²) in [7, 11) is 1.90. The molecule has 0 fully saturated rings. The van der Waals surface area contributed by atoms with E-state index in [-0.39, 0.29) is 23.4 Å². The fourth-order valence-corrected chi connectivity index (χ4v) is 3.88. The summed E-state index contributed by atoms with van der Waals surface area (Å²) in [6.07, 6.45) is -7.90. The van der Waals surface area contributed by atoms with Gasteiger partial charge in [0.25, 0.3) is 0 Å². The second-order valence-electron chi connectivity index (χ2n) is 8.60. The van der Waals surface area contributed by atoms with Gasteiger partial charge >= 0.3 is 12.4 Å². The zero-order chi connectivity index (χ0) is 24.8. The Balaban J connectivity index is 1.88. The highest BCUT2D eigenvalue weighted by molar-refractivity contribution is 5.91. The van der Waals surface area contributed by atoms with Crippen molar-refractivity contribution >= 4 is 16.7 Å². The van der Waals surface area contributed by atoms with Gasteiger partial charge in [-0.3, -0.25) is 0 Å². The number of hydrogen-bond acceptors (Lipinski definition) is 4. The third kappa shape index (κ3) is 4.80. The van der Waals surface area contributed by atoms with Crippen molar-refractivity contribution in [3.63, 3.8) is 0 Å². The first kappa shape index (κ1) is 23.8. The topological polar surface area (TPSA) is 41.1 Å². The number of fused-ring (bicyclic) bond motifs is 1. The third-order valence-electron chi connectivity index (χ3n) is 5.99. The van der Waals surface area contributed by atoms with E-state index in [0.717, 1.165) is 12.4 Å². The molecule has 1 N–H and O–H groups in total. The highest BCUT2D eigenvalue weighted by atomic mass is 19.4. The van der Waals surface area contributed by atoms with Gasteiger partial charge in [-0.2, -0.15) is 26.3 Å². The molecule has 1 aliphatic heterocycles. The lowest BCUT2D eigenvalue weighted by molar-refractivity contribution is -0.143. The predicted octanol–water partition coefficient (Wildman–Crippen LogP) is 6.81. The number of benzene rings is 2. The quantitative estimate of drug-likeness (QED) is 0.419. The maximum Gasteiger partial charge on any atom is 0.416 e. The Morgan fingerprint density at radius 1 is 0.912 bits per heavy atom. The molecule has 1 aliphatic rings. The number of anilines is 1. The molecular weight excluding hydrogens is 458 g/mol. The first-order valence-electron chi connectivity index (χ1n) is 10.6. The van der Waals surface area contributed by atoms with Crippen LogP contribution in [-0.4, -0.2) is 28.5 Å². The summed E-state index contributed by atoms with van der Waals surface area (Å²) in [5, 5.41) is 3.81. The fraction of sp³-hybridized carbons (Fsp3) is 0.333. The van der Waals surface area contributed by atoms with E-state index in [0.29, 0.717) is 34.8 Å². The second kappa shape index (κ2) is 8.48. The van der Waals surface area contributed by atoms with Crippen molar-refractivity contribution in [2.45, 2.75) is 26.2 Å². The van der Waals surface area contributed by atoms with Gasteiger partial charge in [-0.1, -0.05) is 26.0 Å². The molecule has 34 heavy (non-hydrogen) atoms. The second-order valence-corrected chi connectivity index (χ2v) is 8.60. The molecule has 180 valence electrons. The van der Waals surface area contributed by atoms with Gasteiger partial charge in [0.05, 0.1) is 16.6 Å². The van der Waals surface area contributed by atoms with E-state index in [4.69, 9.17) is 0 Å². The SMILES string of the molecule is CC1C=C(Nc2nc(-c3cc(C(F)(F)F)cc(C(F)(F)F)c3)nc3ccccc23)N(C)CC1C. The third-order valence-corrected chi connectivity index (χ3v) is 5.99. The van der Waals surface area contributed by atoms with E-state index >= 15 is 0 Å². The molecule has 0 saturated heterocycles. The molecule has 2 atom stereocenters. The first-order chi connectivity index (χ1) is 15.8. The average molecular weight is 480 g/mol. The highest BCUT2D eigenvalue weighted by Gasteiger charge is 2.37. The maximum absolute atomic E-state index is 13.4. The highest BCUT2D eigenvalue weighted by Crippen LogP contribution is 2.39. The summed E-state index contributed by atoms with van der Waals surface area (Å²) in [6, 6.07) is 8.18. The summed E-state index contributed by atoms with van der Waals surface area (Å²) >= 11 is 0. The van der Waals surface area contributed by atoms with Gasteiger partial charge in [-0.15, -0.1) is 0 Å². The van der Waals surface area contributed by atoms with Crippen molar-refractivity contribution < 1.29 is 26.3 Å². The number of nitrogens with one attached hydrogen (secondary N) is 1. The molecule has 0 spiro atoms. The number of nitrogens with zero attached hydrogens (tertiary/aromatic N) is 3. The molecule has 2 unspecified atom stereocenters. The van der Waals surface area contributed by atoms with E-state index in [9.17, 15) is 26.3 Å². The summed E-state index contributed by atoms with van der Waals surface area (Å²) in [4.78, 5) is 10.6. The number of hydrogen-bond donors (Lipinski definition) is 1. The minimum Gasteiger partial charge on any atom is -0.361 e. The van der Waals surface area contributed by atoms with Gasteiger partial charge in [0.1, 0.15) is 11.6 Å². The van der Waals surface area contributed by atoms with Crippen molar-refractivity contribution in [2.75, 3.05) is 18.9 Å². The van der Waals surface area contributed by atoms with E-state index in [1.807, 2.05) is 18.0 Å². The van der Waals surface area contributed by atoms with Crippen LogP contribution in [-0.2, 0) is 12.4 Å². The van der Waals surface area contributed by atoms with Gasteiger partial charge in [-0.05, 0) is 48.2 Å². The molecule has 3 aromatic rings. The summed E-state index contributed by atoms with van der Waals surface area (Å²) in [5.74, 6) is 1.49. The van der Waals surface area contributed by atoms with Crippen molar-refractivity contribution in [2.24, 2.45) is 11.8 Å². The van der Waals surface area contributed by atoms with Crippen LogP contribution in [0.1, 0.15) is 25.0 Å². The standard InChI is InChI=1S/C24H22F6N4/c1-13-8-20(34(3)12-14(13)2)32-22-18-6-4-5-7-19(18)31-21(33-22)15-9-16(23(25,26)27)11-17(10-15)24(28,29)30/h4-11,13-14H,12H2,1-3H3,(H,31,32,33). The van der Waals surface area contributed by atoms with Crippen molar-refractivity contribution in [3.05, 3.63) is 65.5 Å². The Morgan fingerprint density at radius 2 is 1.53 bits per heavy atom. The smallest absolute Gasteiger partial charge is 0.361 e. The molecule has 4 rings (SSSR count). The number of halogens is 6. The molecule has 0 radical (unpaired) electrons. The molecule has 0 amide bonds. The average Bonchev–Trinajstić information content (AvgIpc) is 2.76. The zero-order valence-electron chi connectivity index (χ0n) is 18.6. The lowest BCUT2D eigenvalue weighted by atomic mass is 9.92. The van der Waals surface area contributed by atoms with E-state index in [1.165, 1.54) is 0 Å². The Kier molecular flexibility index (Phi) is 5.95. The van der Waals surface area contributed by atoms with Crippen LogP contribution in [0.3, 0.4) is 0 Å². The van der Waals surface area contributed by atoms with Crippen LogP contribution in [0.2, 0.25) is 0 Å². The minimum absolute atomic E-state index is 0.0913. The Labute approximate surface area is 192 Å². The Morgan fingerprint density at radius 3 is 2.15 bits per heavy atom. The summed E-state index contributed by atoms with van der Waals surface area (Å²) in [5.41, 5.74) is -2.81. The molecule has 0 saturated carbocycles. The lowest BCUT2D eigenvalue weighted by Gasteiger charge is -2.34. The Bertz CT molecular complexity index is 1220. The number of para-hydroxylation sites is 1. The van der Waals surface area contributed by atoms with Gasteiger partial charge in [0.2, 0.25) is 0 Å². The van der Waals surface area contributed by atoms with Crippen LogP contribution in [0.25, 0.3) is 22.3 Å². The van der Waals surface area contributed by atoms with Crippen LogP contribution >= 0.6 is 0 Å². The normalized spacial score (nSPS) is 19.3. The van der Waals surface area contributed by atoms with E-state index < -0.39 is 23.5 Å². The molecule has 2 aromatic carbocycles. The van der Waals surface area contributed by atoms with Crippen molar-refractivity contribution in [1.29, 1.82) is 0 Å². The molecular formula is C24H22F6N4. The fourth-order valence-electron chi connectivity index (χ4n) is 3.88. The van der Waals surface area contributed by atoms with Gasteiger partial charge in [0, 0.05) is 24.5 Å². The number of allylic oxidation sites excluding steroid dienone is 1. The lowest BCUT2D eigenvalue weighted by Crippen LogP contribution is -2.35. The molecule has 4 nitrogen and oxygen atoms in total. The summed E-state index contributed by atoms with van der Waals surface area (Å²) < 4.78 is 80.2. The van der Waals surface area contributed by atoms with E-state index in [1.54, 1.807) is 24.3 Å². The monoisotopic (exact) mass is 480 g/mol. The number of aromatic nitrogens is 2. The van der Waals surface area contributed by atoms with Crippen LogP contribution in [0.15, 0.2) is 54.4 Å². The molecule has 10 heteroatoms. The van der Waals surface area contributed by atoms with Crippen LogP contribution in [0, 0.1) is 11.8 Å². The van der Waals surface area contributed by atoms with Crippen LogP contribution < -0.4 is 5.32 Å². The van der Waals surface area contributed by atoms with Crippen LogP contribution in [0.4, 0.5) is 32.2 Å². The zero-order valence-corrected chi connectivity index (χ0v) is 18.6.